The lowest BCUT2D eigenvalue weighted by molar-refractivity contribution is 0.0205. The summed E-state index contributed by atoms with van der Waals surface area (Å²) < 4.78 is 10.6. The zero-order valence-electron chi connectivity index (χ0n) is 21.0. The number of amides is 1. The Labute approximate surface area is 215 Å². The van der Waals surface area contributed by atoms with Crippen LogP contribution in [0.4, 0.5) is 16.2 Å². The molecular formula is C29H29NO5S. The van der Waals surface area contributed by atoms with Gasteiger partial charge in [-0.15, -0.1) is 0 Å². The van der Waals surface area contributed by atoms with Crippen LogP contribution in [0, 0.1) is 0 Å². The number of aldehydes is 1. The largest absolute Gasteiger partial charge is 0.514 e. The Hall–Kier alpha value is -3.58. The monoisotopic (exact) mass is 503 g/mol. The van der Waals surface area contributed by atoms with Crippen molar-refractivity contribution >= 4 is 41.5 Å². The van der Waals surface area contributed by atoms with Crippen LogP contribution in [0.3, 0.4) is 0 Å². The van der Waals surface area contributed by atoms with Crippen molar-refractivity contribution in [2.45, 2.75) is 62.3 Å². The summed E-state index contributed by atoms with van der Waals surface area (Å²) in [4.78, 5) is 40.5. The third-order valence-electron chi connectivity index (χ3n) is 5.89. The average molecular weight is 504 g/mol. The summed E-state index contributed by atoms with van der Waals surface area (Å²) in [6.45, 7) is 9.58. The maximum Gasteiger partial charge on any atom is 0.514 e. The SMILES string of the molecule is CCC(C)c1ccc(C(=O)N2c3ccc(C=O)cc3Sc3cc(OC(=O)OC(C)(C)C)ccc32)cc1. The Balaban J connectivity index is 1.72. The molecule has 0 bridgehead atoms. The molecule has 1 atom stereocenters. The average Bonchev–Trinajstić information content (AvgIpc) is 2.84. The summed E-state index contributed by atoms with van der Waals surface area (Å²) in [7, 11) is 0. The molecule has 0 fully saturated rings. The van der Waals surface area contributed by atoms with Gasteiger partial charge in [0.05, 0.1) is 11.4 Å². The van der Waals surface area contributed by atoms with E-state index in [4.69, 9.17) is 9.47 Å². The summed E-state index contributed by atoms with van der Waals surface area (Å²) in [5.74, 6) is 0.524. The van der Waals surface area contributed by atoms with E-state index in [-0.39, 0.29) is 5.91 Å². The molecule has 0 aromatic heterocycles. The maximum atomic E-state index is 13.8. The van der Waals surface area contributed by atoms with E-state index >= 15 is 0 Å². The number of fused-ring (bicyclic) bond motifs is 2. The molecule has 0 saturated heterocycles. The van der Waals surface area contributed by atoms with Crippen molar-refractivity contribution in [3.63, 3.8) is 0 Å². The lowest BCUT2D eigenvalue weighted by Crippen LogP contribution is -2.29. The number of benzene rings is 3. The first-order valence-corrected chi connectivity index (χ1v) is 12.7. The molecule has 0 saturated carbocycles. The molecule has 0 N–H and O–H groups in total. The van der Waals surface area contributed by atoms with Gasteiger partial charge in [-0.1, -0.05) is 37.7 Å². The van der Waals surface area contributed by atoms with E-state index in [1.807, 2.05) is 24.3 Å². The van der Waals surface area contributed by atoms with Gasteiger partial charge in [0.15, 0.2) is 0 Å². The van der Waals surface area contributed by atoms with Crippen LogP contribution in [0.1, 0.15) is 73.2 Å². The van der Waals surface area contributed by atoms with Crippen LogP contribution in [0.15, 0.2) is 70.5 Å². The zero-order valence-corrected chi connectivity index (χ0v) is 21.8. The van der Waals surface area contributed by atoms with Gasteiger partial charge >= 0.3 is 6.16 Å². The van der Waals surface area contributed by atoms with E-state index in [0.717, 1.165) is 22.5 Å². The van der Waals surface area contributed by atoms with E-state index < -0.39 is 11.8 Å². The van der Waals surface area contributed by atoms with Crippen molar-refractivity contribution in [2.24, 2.45) is 0 Å². The van der Waals surface area contributed by atoms with Gasteiger partial charge in [0, 0.05) is 20.9 Å². The highest BCUT2D eigenvalue weighted by Gasteiger charge is 2.30. The van der Waals surface area contributed by atoms with E-state index in [0.29, 0.717) is 34.2 Å². The number of hydrogen-bond acceptors (Lipinski definition) is 6. The van der Waals surface area contributed by atoms with Crippen LogP contribution in [0.5, 0.6) is 5.75 Å². The van der Waals surface area contributed by atoms with Gasteiger partial charge in [-0.3, -0.25) is 14.5 Å². The first-order valence-electron chi connectivity index (χ1n) is 11.9. The van der Waals surface area contributed by atoms with Crippen molar-refractivity contribution in [1.82, 2.24) is 0 Å². The van der Waals surface area contributed by atoms with Crippen LogP contribution in [0.25, 0.3) is 0 Å². The minimum Gasteiger partial charge on any atom is -0.428 e. The van der Waals surface area contributed by atoms with Crippen LogP contribution in [0.2, 0.25) is 0 Å². The highest BCUT2D eigenvalue weighted by Crippen LogP contribution is 2.50. The minimum atomic E-state index is -0.804. The van der Waals surface area contributed by atoms with Crippen LogP contribution in [-0.2, 0) is 4.74 Å². The second-order valence-electron chi connectivity index (χ2n) is 9.71. The van der Waals surface area contributed by atoms with Crippen molar-refractivity contribution in [3.8, 4) is 5.75 Å². The van der Waals surface area contributed by atoms with Crippen LogP contribution in [-0.4, -0.2) is 23.9 Å². The molecule has 1 aliphatic heterocycles. The Morgan fingerprint density at radius 3 is 2.22 bits per heavy atom. The van der Waals surface area contributed by atoms with E-state index in [1.165, 1.54) is 17.3 Å². The predicted molar refractivity (Wildman–Crippen MR) is 141 cm³/mol. The second kappa shape index (κ2) is 10.2. The molecular weight excluding hydrogens is 474 g/mol. The molecule has 3 aromatic rings. The van der Waals surface area contributed by atoms with Gasteiger partial charge < -0.3 is 9.47 Å². The second-order valence-corrected chi connectivity index (χ2v) is 10.8. The van der Waals surface area contributed by atoms with Crippen molar-refractivity contribution < 1.29 is 23.9 Å². The van der Waals surface area contributed by atoms with Gasteiger partial charge in [0.2, 0.25) is 0 Å². The van der Waals surface area contributed by atoms with Gasteiger partial charge in [0.25, 0.3) is 5.91 Å². The third-order valence-corrected chi connectivity index (χ3v) is 6.98. The predicted octanol–water partition coefficient (Wildman–Crippen LogP) is 7.77. The molecule has 6 nitrogen and oxygen atoms in total. The molecule has 1 unspecified atom stereocenters. The van der Waals surface area contributed by atoms with Crippen molar-refractivity contribution in [3.05, 3.63) is 77.4 Å². The van der Waals surface area contributed by atoms with Crippen molar-refractivity contribution in [2.75, 3.05) is 4.90 Å². The van der Waals surface area contributed by atoms with Crippen LogP contribution >= 0.6 is 11.8 Å². The normalized spacial score (nSPS) is 13.3. The number of rotatable bonds is 5. The summed E-state index contributed by atoms with van der Waals surface area (Å²) in [5, 5.41) is 0. The molecule has 0 spiro atoms. The van der Waals surface area contributed by atoms with E-state index in [2.05, 4.69) is 13.8 Å². The van der Waals surface area contributed by atoms with Gasteiger partial charge in [-0.2, -0.15) is 0 Å². The van der Waals surface area contributed by atoms with E-state index in [9.17, 15) is 14.4 Å². The first kappa shape index (κ1) is 25.5. The fourth-order valence-corrected chi connectivity index (χ4v) is 4.98. The Bertz CT molecular complexity index is 1310. The zero-order chi connectivity index (χ0) is 26.0. The number of carbonyl (C=O) groups is 3. The highest BCUT2D eigenvalue weighted by molar-refractivity contribution is 7.99. The van der Waals surface area contributed by atoms with Gasteiger partial charge in [0.1, 0.15) is 17.6 Å². The lowest BCUT2D eigenvalue weighted by Gasteiger charge is -2.31. The number of carbonyl (C=O) groups excluding carboxylic acids is 3. The first-order chi connectivity index (χ1) is 17.1. The molecule has 0 aliphatic carbocycles. The molecule has 186 valence electrons. The van der Waals surface area contributed by atoms with Crippen molar-refractivity contribution in [1.29, 1.82) is 0 Å². The smallest absolute Gasteiger partial charge is 0.428 e. The molecule has 1 aliphatic rings. The van der Waals surface area contributed by atoms with Crippen LogP contribution < -0.4 is 9.64 Å². The minimum absolute atomic E-state index is 0.187. The molecule has 36 heavy (non-hydrogen) atoms. The number of hydrogen-bond donors (Lipinski definition) is 0. The number of anilines is 2. The molecule has 1 heterocycles. The van der Waals surface area contributed by atoms with E-state index in [1.54, 1.807) is 62.1 Å². The molecule has 0 radical (unpaired) electrons. The Morgan fingerprint density at radius 1 is 0.972 bits per heavy atom. The summed E-state index contributed by atoms with van der Waals surface area (Å²) in [6, 6.07) is 18.0. The Morgan fingerprint density at radius 2 is 1.61 bits per heavy atom. The molecule has 3 aromatic carbocycles. The summed E-state index contributed by atoms with van der Waals surface area (Å²) in [5.41, 5.74) is 2.92. The number of nitrogens with zero attached hydrogens (tertiary/aromatic N) is 1. The quantitative estimate of drug-likeness (QED) is 0.201. The fourth-order valence-electron chi connectivity index (χ4n) is 3.85. The summed E-state index contributed by atoms with van der Waals surface area (Å²) >= 11 is 1.41. The standard InChI is InChI=1S/C29H29NO5S/c1-6-18(2)20-8-10-21(11-9-20)27(32)30-23-13-7-19(17-31)15-25(23)36-26-16-22(12-14-24(26)30)34-28(33)35-29(3,4)5/h7-18H,6H2,1-5H3. The maximum absolute atomic E-state index is 13.8. The third kappa shape index (κ3) is 5.46. The van der Waals surface area contributed by atoms with Gasteiger partial charge in [-0.25, -0.2) is 4.79 Å². The summed E-state index contributed by atoms with van der Waals surface area (Å²) in [6.07, 6.45) is 0.990. The molecule has 4 rings (SSSR count). The molecule has 7 heteroatoms. The number of ether oxygens (including phenoxy) is 2. The van der Waals surface area contributed by atoms with Gasteiger partial charge in [-0.05, 0) is 87.2 Å². The lowest BCUT2D eigenvalue weighted by atomic mass is 9.97. The topological polar surface area (TPSA) is 72.9 Å². The molecule has 1 amide bonds. The highest BCUT2D eigenvalue weighted by atomic mass is 32.2. The Kier molecular flexibility index (Phi) is 7.22. The fraction of sp³-hybridized carbons (Fsp3) is 0.276.